The monoisotopic (exact) mass is 197 g/mol. The van der Waals surface area contributed by atoms with Gasteiger partial charge < -0.3 is 20.6 Å². The largest absolute Gasteiger partial charge is 0.507 e. The summed E-state index contributed by atoms with van der Waals surface area (Å²) in [6, 6.07) is 4.15. The lowest BCUT2D eigenvalue weighted by Gasteiger charge is -2.06. The molecule has 0 spiro atoms. The molecule has 0 aliphatic rings. The van der Waals surface area contributed by atoms with E-state index in [-0.39, 0.29) is 17.9 Å². The Hall–Kier alpha value is -1.75. The van der Waals surface area contributed by atoms with E-state index in [4.69, 9.17) is 10.2 Å². The van der Waals surface area contributed by atoms with Crippen molar-refractivity contribution in [1.82, 2.24) is 0 Å². The van der Waals surface area contributed by atoms with Crippen molar-refractivity contribution in [2.45, 2.75) is 0 Å². The third kappa shape index (κ3) is 2.37. The fourth-order valence-corrected chi connectivity index (χ4v) is 1.02. The minimum Gasteiger partial charge on any atom is -0.507 e. The van der Waals surface area contributed by atoms with Gasteiger partial charge in [0.2, 0.25) is 0 Å². The molecule has 0 atom stereocenters. The number of rotatable bonds is 4. The Kier molecular flexibility index (Phi) is 3.30. The molecule has 0 heterocycles. The molecule has 5 nitrogen and oxygen atoms in total. The Morgan fingerprint density at radius 2 is 2.14 bits per heavy atom. The van der Waals surface area contributed by atoms with Crippen molar-refractivity contribution in [2.24, 2.45) is 0 Å². The van der Waals surface area contributed by atoms with Crippen molar-refractivity contribution in [3.05, 3.63) is 23.8 Å². The average Bonchev–Trinajstić information content (AvgIpc) is 2.16. The first kappa shape index (κ1) is 10.3. The zero-order valence-corrected chi connectivity index (χ0v) is 7.40. The maximum absolute atomic E-state index is 10.6. The molecule has 5 heteroatoms. The molecule has 0 amide bonds. The molecule has 0 aliphatic heterocycles. The standard InChI is InChI=1S/C9H11NO4/c11-4-3-10-6-1-2-8(12)7(5-6)9(13)14/h1-2,5,10-12H,3-4H2,(H,13,14). The molecule has 14 heavy (non-hydrogen) atoms. The number of benzene rings is 1. The summed E-state index contributed by atoms with van der Waals surface area (Å²) in [6.45, 7) is 0.299. The average molecular weight is 197 g/mol. The third-order valence-electron chi connectivity index (χ3n) is 1.67. The van der Waals surface area contributed by atoms with Crippen LogP contribution >= 0.6 is 0 Å². The third-order valence-corrected chi connectivity index (χ3v) is 1.67. The van der Waals surface area contributed by atoms with E-state index in [9.17, 15) is 9.90 Å². The number of aliphatic hydroxyl groups is 1. The van der Waals surface area contributed by atoms with E-state index in [0.717, 1.165) is 0 Å². The van der Waals surface area contributed by atoms with Gasteiger partial charge in [-0.05, 0) is 18.2 Å². The van der Waals surface area contributed by atoms with Crippen molar-refractivity contribution < 1.29 is 20.1 Å². The highest BCUT2D eigenvalue weighted by atomic mass is 16.4. The lowest BCUT2D eigenvalue weighted by atomic mass is 10.2. The summed E-state index contributed by atoms with van der Waals surface area (Å²) in [5.74, 6) is -1.46. The number of phenols is 1. The van der Waals surface area contributed by atoms with E-state index in [1.165, 1.54) is 18.2 Å². The van der Waals surface area contributed by atoms with E-state index < -0.39 is 5.97 Å². The molecular weight excluding hydrogens is 186 g/mol. The molecule has 0 fully saturated rings. The van der Waals surface area contributed by atoms with Gasteiger partial charge in [0.05, 0.1) is 6.61 Å². The second kappa shape index (κ2) is 4.48. The van der Waals surface area contributed by atoms with Crippen molar-refractivity contribution >= 4 is 11.7 Å². The number of carboxylic acid groups (broad SMARTS) is 1. The summed E-state index contributed by atoms with van der Waals surface area (Å²) in [6.07, 6.45) is 0. The SMILES string of the molecule is O=C(O)c1cc(NCCO)ccc1O. The normalized spacial score (nSPS) is 9.79. The van der Waals surface area contributed by atoms with Gasteiger partial charge in [0.15, 0.2) is 0 Å². The van der Waals surface area contributed by atoms with Gasteiger partial charge in [0, 0.05) is 12.2 Å². The van der Waals surface area contributed by atoms with Crippen LogP contribution in [0.1, 0.15) is 10.4 Å². The van der Waals surface area contributed by atoms with E-state index >= 15 is 0 Å². The van der Waals surface area contributed by atoms with Crippen LogP contribution in [0.15, 0.2) is 18.2 Å². The highest BCUT2D eigenvalue weighted by molar-refractivity contribution is 5.91. The molecule has 1 rings (SSSR count). The number of carboxylic acids is 1. The fraction of sp³-hybridized carbons (Fsp3) is 0.222. The number of anilines is 1. The molecule has 1 aromatic rings. The predicted molar refractivity (Wildman–Crippen MR) is 50.6 cm³/mol. The van der Waals surface area contributed by atoms with Crippen LogP contribution < -0.4 is 5.32 Å². The second-order valence-electron chi connectivity index (χ2n) is 2.69. The summed E-state index contributed by atoms with van der Waals surface area (Å²) in [4.78, 5) is 10.6. The van der Waals surface area contributed by atoms with Crippen molar-refractivity contribution in [3.63, 3.8) is 0 Å². The maximum atomic E-state index is 10.6. The lowest BCUT2D eigenvalue weighted by Crippen LogP contribution is -2.06. The van der Waals surface area contributed by atoms with Crippen LogP contribution in [-0.2, 0) is 0 Å². The van der Waals surface area contributed by atoms with Crippen LogP contribution in [0, 0.1) is 0 Å². The Bertz CT molecular complexity index is 338. The van der Waals surface area contributed by atoms with Crippen LogP contribution in [-0.4, -0.2) is 34.4 Å². The minimum atomic E-state index is -1.19. The number of hydrogen-bond acceptors (Lipinski definition) is 4. The number of hydrogen-bond donors (Lipinski definition) is 4. The minimum absolute atomic E-state index is 0.0384. The zero-order valence-electron chi connectivity index (χ0n) is 7.40. The zero-order chi connectivity index (χ0) is 10.6. The van der Waals surface area contributed by atoms with Crippen LogP contribution in [0.25, 0.3) is 0 Å². The maximum Gasteiger partial charge on any atom is 0.339 e. The molecule has 0 aromatic heterocycles. The number of carbonyl (C=O) groups is 1. The number of nitrogens with one attached hydrogen (secondary N) is 1. The molecule has 1 aromatic carbocycles. The molecule has 4 N–H and O–H groups in total. The summed E-state index contributed by atoms with van der Waals surface area (Å²) in [5, 5.41) is 29.2. The molecular formula is C9H11NO4. The quantitative estimate of drug-likeness (QED) is 0.527. The van der Waals surface area contributed by atoms with Gasteiger partial charge >= 0.3 is 5.97 Å². The topological polar surface area (TPSA) is 89.8 Å². The second-order valence-corrected chi connectivity index (χ2v) is 2.69. The van der Waals surface area contributed by atoms with E-state index in [1.54, 1.807) is 0 Å². The lowest BCUT2D eigenvalue weighted by molar-refractivity contribution is 0.0694. The Morgan fingerprint density at radius 1 is 1.43 bits per heavy atom. The van der Waals surface area contributed by atoms with Gasteiger partial charge in [-0.25, -0.2) is 4.79 Å². The van der Waals surface area contributed by atoms with Crippen LogP contribution in [0.5, 0.6) is 5.75 Å². The Balaban J connectivity index is 2.89. The molecule has 0 aliphatic carbocycles. The summed E-state index contributed by atoms with van der Waals surface area (Å²) >= 11 is 0. The number of aliphatic hydroxyl groups excluding tert-OH is 1. The molecule has 0 radical (unpaired) electrons. The molecule has 0 bridgehead atoms. The smallest absolute Gasteiger partial charge is 0.339 e. The Morgan fingerprint density at radius 3 is 2.71 bits per heavy atom. The molecule has 0 saturated heterocycles. The van der Waals surface area contributed by atoms with E-state index in [1.807, 2.05) is 0 Å². The highest BCUT2D eigenvalue weighted by Gasteiger charge is 2.09. The molecule has 0 saturated carbocycles. The summed E-state index contributed by atoms with van der Waals surface area (Å²) in [5.41, 5.74) is 0.391. The van der Waals surface area contributed by atoms with E-state index in [0.29, 0.717) is 12.2 Å². The fourth-order valence-electron chi connectivity index (χ4n) is 1.02. The first-order valence-electron chi connectivity index (χ1n) is 4.06. The molecule has 76 valence electrons. The first-order valence-corrected chi connectivity index (χ1v) is 4.06. The molecule has 0 unspecified atom stereocenters. The van der Waals surface area contributed by atoms with Crippen LogP contribution in [0.2, 0.25) is 0 Å². The highest BCUT2D eigenvalue weighted by Crippen LogP contribution is 2.21. The summed E-state index contributed by atoms with van der Waals surface area (Å²) < 4.78 is 0. The predicted octanol–water partition coefficient (Wildman–Crippen LogP) is 0.495. The number of aromatic carboxylic acids is 1. The van der Waals surface area contributed by atoms with Gasteiger partial charge in [-0.2, -0.15) is 0 Å². The van der Waals surface area contributed by atoms with Crippen molar-refractivity contribution in [2.75, 3.05) is 18.5 Å². The van der Waals surface area contributed by atoms with Crippen LogP contribution in [0.3, 0.4) is 0 Å². The van der Waals surface area contributed by atoms with Crippen molar-refractivity contribution in [1.29, 1.82) is 0 Å². The van der Waals surface area contributed by atoms with Gasteiger partial charge in [-0.1, -0.05) is 0 Å². The van der Waals surface area contributed by atoms with Gasteiger partial charge in [0.25, 0.3) is 0 Å². The first-order chi connectivity index (χ1) is 6.65. The summed E-state index contributed by atoms with van der Waals surface area (Å²) in [7, 11) is 0. The number of aromatic hydroxyl groups is 1. The van der Waals surface area contributed by atoms with E-state index in [2.05, 4.69) is 5.32 Å². The van der Waals surface area contributed by atoms with Crippen molar-refractivity contribution in [3.8, 4) is 5.75 Å². The Labute approximate surface area is 80.6 Å². The van der Waals surface area contributed by atoms with Gasteiger partial charge in [-0.15, -0.1) is 0 Å². The van der Waals surface area contributed by atoms with Crippen LogP contribution in [0.4, 0.5) is 5.69 Å². The van der Waals surface area contributed by atoms with Gasteiger partial charge in [-0.3, -0.25) is 0 Å². The van der Waals surface area contributed by atoms with Gasteiger partial charge in [0.1, 0.15) is 11.3 Å².